The first-order valence-electron chi connectivity index (χ1n) is 2.69. The van der Waals surface area contributed by atoms with Crippen LogP contribution in [0.2, 0.25) is 0 Å². The summed E-state index contributed by atoms with van der Waals surface area (Å²) < 4.78 is 4.50. The summed E-state index contributed by atoms with van der Waals surface area (Å²) in [5.41, 5.74) is 4.72. The lowest BCUT2D eigenvalue weighted by Crippen LogP contribution is -2.27. The molecule has 4 heteroatoms. The summed E-state index contributed by atoms with van der Waals surface area (Å²) in [6.45, 7) is 2.00. The molecule has 0 aromatic heterocycles. The number of carbonyl (C=O) groups is 1. The second kappa shape index (κ2) is 4.14. The van der Waals surface area contributed by atoms with Gasteiger partial charge >= 0.3 is 6.03 Å². The average Bonchev–Trinajstić information content (AvgIpc) is 2.46. The number of nitrogens with zero attached hydrogens (tertiary/aromatic N) is 1. The molecule has 1 aliphatic rings. The molecule has 1 aliphatic heterocycles. The van der Waals surface area contributed by atoms with Crippen molar-refractivity contribution in [3.63, 3.8) is 0 Å². The summed E-state index contributed by atoms with van der Waals surface area (Å²) in [5.74, 6) is 0. The minimum atomic E-state index is -0.407. The van der Waals surface area contributed by atoms with Crippen molar-refractivity contribution >= 4 is 6.03 Å². The Morgan fingerprint density at radius 1 is 1.56 bits per heavy atom. The van der Waals surface area contributed by atoms with E-state index in [0.717, 1.165) is 13.2 Å². The first-order valence-corrected chi connectivity index (χ1v) is 2.69. The Labute approximate surface area is 54.6 Å². The van der Waals surface area contributed by atoms with Gasteiger partial charge in [0.2, 0.25) is 0 Å². The molecule has 0 saturated carbocycles. The monoisotopic (exact) mass is 132 g/mol. The fourth-order valence-corrected chi connectivity index (χ4v) is 0. The molecule has 9 heavy (non-hydrogen) atoms. The van der Waals surface area contributed by atoms with Crippen LogP contribution in [0.1, 0.15) is 0 Å². The van der Waals surface area contributed by atoms with E-state index in [2.05, 4.69) is 4.74 Å². The number of amides is 2. The van der Waals surface area contributed by atoms with Crippen molar-refractivity contribution in [1.29, 1.82) is 0 Å². The summed E-state index contributed by atoms with van der Waals surface area (Å²) >= 11 is 0. The minimum absolute atomic E-state index is 0.407. The number of epoxide rings is 1. The number of hydrogen-bond donors (Lipinski definition) is 1. The molecule has 0 spiro atoms. The maximum Gasteiger partial charge on any atom is 0.314 e. The van der Waals surface area contributed by atoms with E-state index in [1.165, 1.54) is 4.90 Å². The molecule has 2 amide bonds. The average molecular weight is 132 g/mol. The highest BCUT2D eigenvalue weighted by Crippen LogP contribution is 1.84. The Hall–Kier alpha value is -0.770. The van der Waals surface area contributed by atoms with Crippen molar-refractivity contribution < 1.29 is 9.53 Å². The molecular formula is C5H12N2O2. The predicted octanol–water partition coefficient (Wildman–Crippen LogP) is -0.357. The Morgan fingerprint density at radius 2 is 1.78 bits per heavy atom. The molecule has 1 saturated heterocycles. The first kappa shape index (κ1) is 8.23. The largest absolute Gasteiger partial charge is 0.377 e. The van der Waals surface area contributed by atoms with Gasteiger partial charge < -0.3 is 15.4 Å². The van der Waals surface area contributed by atoms with Crippen LogP contribution in [0.3, 0.4) is 0 Å². The molecule has 0 aromatic rings. The maximum atomic E-state index is 9.85. The van der Waals surface area contributed by atoms with Gasteiger partial charge in [0.25, 0.3) is 0 Å². The third kappa shape index (κ3) is 11.1. The van der Waals surface area contributed by atoms with Gasteiger partial charge in [0.1, 0.15) is 0 Å². The molecule has 0 radical (unpaired) electrons. The topological polar surface area (TPSA) is 58.9 Å². The van der Waals surface area contributed by atoms with Crippen LogP contribution in [0.4, 0.5) is 4.79 Å². The van der Waals surface area contributed by atoms with Crippen molar-refractivity contribution in [3.05, 3.63) is 0 Å². The summed E-state index contributed by atoms with van der Waals surface area (Å²) in [5, 5.41) is 0. The quantitative estimate of drug-likeness (QED) is 0.458. The number of hydrogen-bond acceptors (Lipinski definition) is 2. The minimum Gasteiger partial charge on any atom is -0.377 e. The molecule has 1 heterocycles. The van der Waals surface area contributed by atoms with Crippen LogP contribution in [0, 0.1) is 0 Å². The van der Waals surface area contributed by atoms with Crippen LogP contribution in [-0.2, 0) is 4.74 Å². The van der Waals surface area contributed by atoms with E-state index in [-0.39, 0.29) is 0 Å². The molecule has 4 nitrogen and oxygen atoms in total. The van der Waals surface area contributed by atoms with Gasteiger partial charge in [-0.3, -0.25) is 0 Å². The van der Waals surface area contributed by atoms with Gasteiger partial charge in [0, 0.05) is 14.1 Å². The van der Waals surface area contributed by atoms with Crippen LogP contribution >= 0.6 is 0 Å². The highest BCUT2D eigenvalue weighted by Gasteiger charge is 1.94. The summed E-state index contributed by atoms with van der Waals surface area (Å²) in [6.07, 6.45) is 0. The maximum absolute atomic E-state index is 9.85. The fourth-order valence-electron chi connectivity index (χ4n) is 0. The number of carbonyl (C=O) groups excluding carboxylic acids is 1. The van der Waals surface area contributed by atoms with Crippen molar-refractivity contribution in [2.75, 3.05) is 27.3 Å². The molecule has 0 aliphatic carbocycles. The van der Waals surface area contributed by atoms with Gasteiger partial charge in [-0.15, -0.1) is 0 Å². The SMILES string of the molecule is C1CO1.CN(C)C(N)=O. The Balaban J connectivity index is 0.000000173. The van der Waals surface area contributed by atoms with Crippen LogP contribution in [0.25, 0.3) is 0 Å². The molecular weight excluding hydrogens is 120 g/mol. The summed E-state index contributed by atoms with van der Waals surface area (Å²) in [4.78, 5) is 11.2. The number of urea groups is 1. The van der Waals surface area contributed by atoms with Crippen molar-refractivity contribution in [1.82, 2.24) is 4.90 Å². The van der Waals surface area contributed by atoms with Gasteiger partial charge in [-0.25, -0.2) is 4.79 Å². The zero-order valence-electron chi connectivity index (χ0n) is 5.76. The van der Waals surface area contributed by atoms with Gasteiger partial charge in [-0.05, 0) is 0 Å². The van der Waals surface area contributed by atoms with Crippen LogP contribution < -0.4 is 5.73 Å². The Bertz CT molecular complexity index is 88.2. The lowest BCUT2D eigenvalue weighted by molar-refractivity contribution is 0.227. The molecule has 0 unspecified atom stereocenters. The lowest BCUT2D eigenvalue weighted by atomic mass is 10.9. The normalized spacial score (nSPS) is 13.1. The molecule has 1 rings (SSSR count). The van der Waals surface area contributed by atoms with E-state index in [9.17, 15) is 4.79 Å². The van der Waals surface area contributed by atoms with E-state index in [1.54, 1.807) is 14.1 Å². The zero-order chi connectivity index (χ0) is 7.28. The summed E-state index contributed by atoms with van der Waals surface area (Å²) in [6, 6.07) is -0.407. The molecule has 0 bridgehead atoms. The summed E-state index contributed by atoms with van der Waals surface area (Å²) in [7, 11) is 3.20. The third-order valence-corrected chi connectivity index (χ3v) is 0.645. The highest BCUT2D eigenvalue weighted by atomic mass is 16.6. The van der Waals surface area contributed by atoms with Crippen LogP contribution in [0.15, 0.2) is 0 Å². The van der Waals surface area contributed by atoms with Crippen molar-refractivity contribution in [2.45, 2.75) is 0 Å². The van der Waals surface area contributed by atoms with Crippen LogP contribution in [0.5, 0.6) is 0 Å². The van der Waals surface area contributed by atoms with E-state index < -0.39 is 6.03 Å². The third-order valence-electron chi connectivity index (χ3n) is 0.645. The van der Waals surface area contributed by atoms with Crippen molar-refractivity contribution in [2.24, 2.45) is 5.73 Å². The molecule has 2 N–H and O–H groups in total. The van der Waals surface area contributed by atoms with E-state index in [0.29, 0.717) is 0 Å². The van der Waals surface area contributed by atoms with Gasteiger partial charge in [0.15, 0.2) is 0 Å². The number of rotatable bonds is 0. The molecule has 1 fully saturated rings. The van der Waals surface area contributed by atoms with Gasteiger partial charge in [-0.2, -0.15) is 0 Å². The molecule has 0 atom stereocenters. The van der Waals surface area contributed by atoms with E-state index in [4.69, 9.17) is 5.73 Å². The second-order valence-electron chi connectivity index (χ2n) is 1.85. The van der Waals surface area contributed by atoms with Gasteiger partial charge in [0.05, 0.1) is 13.2 Å². The smallest absolute Gasteiger partial charge is 0.314 e. The van der Waals surface area contributed by atoms with Gasteiger partial charge in [-0.1, -0.05) is 0 Å². The molecule has 0 aromatic carbocycles. The number of primary amides is 1. The fraction of sp³-hybridized carbons (Fsp3) is 0.800. The zero-order valence-corrected chi connectivity index (χ0v) is 5.76. The molecule has 54 valence electrons. The Morgan fingerprint density at radius 3 is 1.78 bits per heavy atom. The van der Waals surface area contributed by atoms with Crippen molar-refractivity contribution in [3.8, 4) is 0 Å². The lowest BCUT2D eigenvalue weighted by Gasteiger charge is -2.01. The number of ether oxygens (including phenoxy) is 1. The van der Waals surface area contributed by atoms with Crippen LogP contribution in [-0.4, -0.2) is 38.2 Å². The van der Waals surface area contributed by atoms with E-state index >= 15 is 0 Å². The standard InChI is InChI=1S/C3H8N2O.C2H4O/c1-5(2)3(4)6;1-2-3-1/h1-2H3,(H2,4,6);1-2H2. The highest BCUT2D eigenvalue weighted by molar-refractivity contribution is 5.71. The number of nitrogens with two attached hydrogens (primary N) is 1. The Kier molecular flexibility index (Phi) is 3.79. The predicted molar refractivity (Wildman–Crippen MR) is 34.1 cm³/mol. The second-order valence-corrected chi connectivity index (χ2v) is 1.85. The van der Waals surface area contributed by atoms with E-state index in [1.807, 2.05) is 0 Å². The first-order chi connectivity index (χ1) is 4.14.